The normalized spacial score (nSPS) is 19.1. The van der Waals surface area contributed by atoms with Gasteiger partial charge in [0.1, 0.15) is 11.5 Å². The van der Waals surface area contributed by atoms with E-state index in [1.54, 1.807) is 0 Å². The summed E-state index contributed by atoms with van der Waals surface area (Å²) in [4.78, 5) is 0. The third-order valence-corrected chi connectivity index (χ3v) is 3.22. The molecule has 0 unspecified atom stereocenters. The number of hydrogen-bond acceptors (Lipinski definition) is 1. The van der Waals surface area contributed by atoms with Crippen molar-refractivity contribution < 1.29 is 4.42 Å². The predicted molar refractivity (Wildman–Crippen MR) is 58.6 cm³/mol. The van der Waals surface area contributed by atoms with E-state index in [1.807, 2.05) is 0 Å². The van der Waals surface area contributed by atoms with Crippen molar-refractivity contribution in [1.82, 2.24) is 0 Å². The van der Waals surface area contributed by atoms with E-state index >= 15 is 0 Å². The van der Waals surface area contributed by atoms with Gasteiger partial charge in [-0.2, -0.15) is 0 Å². The third-order valence-electron chi connectivity index (χ3n) is 3.22. The quantitative estimate of drug-likeness (QED) is 0.674. The van der Waals surface area contributed by atoms with Crippen LogP contribution in [-0.4, -0.2) is 0 Å². The smallest absolute Gasteiger partial charge is 0.107 e. The first-order chi connectivity index (χ1) is 6.77. The molecule has 78 valence electrons. The van der Waals surface area contributed by atoms with Crippen molar-refractivity contribution in [3.8, 4) is 0 Å². The van der Waals surface area contributed by atoms with Gasteiger partial charge in [-0.1, -0.05) is 33.1 Å². The highest BCUT2D eigenvalue weighted by Crippen LogP contribution is 2.34. The van der Waals surface area contributed by atoms with Crippen LogP contribution >= 0.6 is 0 Å². The summed E-state index contributed by atoms with van der Waals surface area (Å²) < 4.78 is 5.88. The summed E-state index contributed by atoms with van der Waals surface area (Å²) in [5.74, 6) is 3.60. The Balaban J connectivity index is 2.07. The third kappa shape index (κ3) is 2.02. The lowest BCUT2D eigenvalue weighted by Gasteiger charge is -2.19. The second-order valence-corrected chi connectivity index (χ2v) is 4.73. The fraction of sp³-hybridized carbons (Fsp3) is 0.692. The van der Waals surface area contributed by atoms with Gasteiger partial charge in [-0.15, -0.1) is 0 Å². The largest absolute Gasteiger partial charge is 0.466 e. The highest BCUT2D eigenvalue weighted by Gasteiger charge is 2.19. The van der Waals surface area contributed by atoms with Crippen LogP contribution in [-0.2, 0) is 0 Å². The summed E-state index contributed by atoms with van der Waals surface area (Å²) in [6, 6.07) is 4.33. The molecule has 0 N–H and O–H groups in total. The van der Waals surface area contributed by atoms with Crippen LogP contribution in [0, 0.1) is 0 Å². The van der Waals surface area contributed by atoms with E-state index in [0.29, 0.717) is 11.8 Å². The molecule has 1 heteroatoms. The lowest BCUT2D eigenvalue weighted by molar-refractivity contribution is 0.357. The zero-order chi connectivity index (χ0) is 9.97. The molecule has 0 aliphatic heterocycles. The van der Waals surface area contributed by atoms with Crippen LogP contribution in [0.4, 0.5) is 0 Å². The Morgan fingerprint density at radius 3 is 2.43 bits per heavy atom. The lowest BCUT2D eigenvalue weighted by Crippen LogP contribution is -2.03. The molecule has 1 aromatic rings. The van der Waals surface area contributed by atoms with E-state index in [0.717, 1.165) is 5.76 Å². The molecule has 1 aliphatic carbocycles. The first-order valence-corrected chi connectivity index (χ1v) is 5.87. The topological polar surface area (TPSA) is 13.1 Å². The first-order valence-electron chi connectivity index (χ1n) is 5.87. The minimum Gasteiger partial charge on any atom is -0.466 e. The van der Waals surface area contributed by atoms with Crippen molar-refractivity contribution in [2.45, 2.75) is 57.8 Å². The molecule has 0 amide bonds. The summed E-state index contributed by atoms with van der Waals surface area (Å²) in [6.45, 7) is 4.37. The van der Waals surface area contributed by atoms with Crippen LogP contribution in [0.5, 0.6) is 0 Å². The van der Waals surface area contributed by atoms with Gasteiger partial charge in [-0.25, -0.2) is 0 Å². The van der Waals surface area contributed by atoms with E-state index in [4.69, 9.17) is 4.42 Å². The van der Waals surface area contributed by atoms with Crippen LogP contribution in [0.3, 0.4) is 0 Å². The van der Waals surface area contributed by atoms with Crippen LogP contribution in [0.25, 0.3) is 0 Å². The van der Waals surface area contributed by atoms with E-state index in [-0.39, 0.29) is 0 Å². The number of rotatable bonds is 2. The molecule has 2 rings (SSSR count). The minimum absolute atomic E-state index is 0.521. The lowest BCUT2D eigenvalue weighted by atomic mass is 9.88. The maximum atomic E-state index is 5.88. The molecule has 14 heavy (non-hydrogen) atoms. The van der Waals surface area contributed by atoms with Crippen molar-refractivity contribution >= 4 is 0 Å². The zero-order valence-corrected chi connectivity index (χ0v) is 9.25. The molecule has 1 aliphatic rings. The molecule has 1 fully saturated rings. The van der Waals surface area contributed by atoms with Crippen molar-refractivity contribution in [2.24, 2.45) is 0 Å². The first kappa shape index (κ1) is 9.82. The second kappa shape index (κ2) is 4.20. The fourth-order valence-corrected chi connectivity index (χ4v) is 2.29. The van der Waals surface area contributed by atoms with Gasteiger partial charge in [0, 0.05) is 11.8 Å². The highest BCUT2D eigenvalue weighted by atomic mass is 16.3. The van der Waals surface area contributed by atoms with E-state index in [2.05, 4.69) is 26.0 Å². The van der Waals surface area contributed by atoms with Crippen molar-refractivity contribution in [3.05, 3.63) is 23.7 Å². The van der Waals surface area contributed by atoms with Crippen molar-refractivity contribution in [1.29, 1.82) is 0 Å². The molecule has 0 saturated heterocycles. The Labute approximate surface area is 86.5 Å². The number of furan rings is 1. The molecule has 1 saturated carbocycles. The van der Waals surface area contributed by atoms with Crippen LogP contribution < -0.4 is 0 Å². The summed E-state index contributed by atoms with van der Waals surface area (Å²) in [7, 11) is 0. The van der Waals surface area contributed by atoms with Gasteiger partial charge < -0.3 is 4.42 Å². The van der Waals surface area contributed by atoms with Gasteiger partial charge in [-0.3, -0.25) is 0 Å². The SMILES string of the molecule is CC(C)c1ccc(C2CCCCC2)o1. The Bertz CT molecular complexity index is 279. The molecule has 1 heterocycles. The van der Waals surface area contributed by atoms with E-state index in [1.165, 1.54) is 37.9 Å². The highest BCUT2D eigenvalue weighted by molar-refractivity contribution is 5.13. The molecule has 1 aromatic heterocycles. The Hall–Kier alpha value is -0.720. The summed E-state index contributed by atoms with van der Waals surface area (Å²) in [6.07, 6.45) is 6.81. The van der Waals surface area contributed by atoms with Gasteiger partial charge in [0.05, 0.1) is 0 Å². The van der Waals surface area contributed by atoms with Crippen LogP contribution in [0.1, 0.15) is 69.3 Å². The summed E-state index contributed by atoms with van der Waals surface area (Å²) in [5.41, 5.74) is 0. The maximum Gasteiger partial charge on any atom is 0.107 e. The Morgan fingerprint density at radius 1 is 1.14 bits per heavy atom. The number of hydrogen-bond donors (Lipinski definition) is 0. The van der Waals surface area contributed by atoms with Gasteiger partial charge in [-0.05, 0) is 25.0 Å². The fourth-order valence-electron chi connectivity index (χ4n) is 2.29. The molecular weight excluding hydrogens is 172 g/mol. The molecular formula is C13H20O. The van der Waals surface area contributed by atoms with Crippen molar-refractivity contribution in [2.75, 3.05) is 0 Å². The average Bonchev–Trinajstić information content (AvgIpc) is 2.68. The summed E-state index contributed by atoms with van der Waals surface area (Å²) in [5, 5.41) is 0. The molecule has 0 spiro atoms. The average molecular weight is 192 g/mol. The minimum atomic E-state index is 0.521. The molecule has 0 aromatic carbocycles. The zero-order valence-electron chi connectivity index (χ0n) is 9.25. The van der Waals surface area contributed by atoms with Gasteiger partial charge in [0.2, 0.25) is 0 Å². The van der Waals surface area contributed by atoms with Crippen LogP contribution in [0.15, 0.2) is 16.5 Å². The maximum absolute atomic E-state index is 5.88. The summed E-state index contributed by atoms with van der Waals surface area (Å²) >= 11 is 0. The van der Waals surface area contributed by atoms with Gasteiger partial charge >= 0.3 is 0 Å². The Kier molecular flexibility index (Phi) is 2.95. The predicted octanol–water partition coefficient (Wildman–Crippen LogP) is 4.45. The standard InChI is InChI=1S/C13H20O/c1-10(2)12-8-9-13(14-12)11-6-4-3-5-7-11/h8-11H,3-7H2,1-2H3. The Morgan fingerprint density at radius 2 is 1.86 bits per heavy atom. The van der Waals surface area contributed by atoms with Crippen LogP contribution in [0.2, 0.25) is 0 Å². The molecule has 0 radical (unpaired) electrons. The van der Waals surface area contributed by atoms with Crippen molar-refractivity contribution in [3.63, 3.8) is 0 Å². The van der Waals surface area contributed by atoms with Gasteiger partial charge in [0.15, 0.2) is 0 Å². The van der Waals surface area contributed by atoms with Gasteiger partial charge in [0.25, 0.3) is 0 Å². The van der Waals surface area contributed by atoms with E-state index < -0.39 is 0 Å². The van der Waals surface area contributed by atoms with E-state index in [9.17, 15) is 0 Å². The monoisotopic (exact) mass is 192 g/mol. The molecule has 0 atom stereocenters. The second-order valence-electron chi connectivity index (χ2n) is 4.73. The molecule has 1 nitrogen and oxygen atoms in total. The molecule has 0 bridgehead atoms.